The molecule has 0 radical (unpaired) electrons. The minimum atomic E-state index is -0.512. The highest BCUT2D eigenvalue weighted by molar-refractivity contribution is 6.02. The number of anilines is 1. The Morgan fingerprint density at radius 1 is 1.04 bits per heavy atom. The van der Waals surface area contributed by atoms with Gasteiger partial charge in [0.2, 0.25) is 0 Å². The Morgan fingerprint density at radius 3 is 2.43 bits per heavy atom. The third-order valence-electron chi connectivity index (χ3n) is 4.16. The van der Waals surface area contributed by atoms with Crippen molar-refractivity contribution in [2.75, 3.05) is 5.32 Å². The van der Waals surface area contributed by atoms with Crippen LogP contribution in [0.1, 0.15) is 32.0 Å². The molecule has 0 spiro atoms. The number of hydrogen-bond acceptors (Lipinski definition) is 5. The lowest BCUT2D eigenvalue weighted by molar-refractivity contribution is -0.385. The maximum Gasteiger partial charge on any atom is 0.291 e. The summed E-state index contributed by atoms with van der Waals surface area (Å²) in [5.74, 6) is -0.535. The van der Waals surface area contributed by atoms with Crippen LogP contribution in [0.4, 0.5) is 11.4 Å². The van der Waals surface area contributed by atoms with Gasteiger partial charge in [-0.05, 0) is 42.8 Å². The summed E-state index contributed by atoms with van der Waals surface area (Å²) in [6.45, 7) is 1.79. The Morgan fingerprint density at radius 2 is 1.79 bits per heavy atom. The average Bonchev–Trinajstić information content (AvgIpc) is 3.22. The minimum absolute atomic E-state index is 0.0932. The summed E-state index contributed by atoms with van der Waals surface area (Å²) in [6.07, 6.45) is 1.42. The van der Waals surface area contributed by atoms with Crippen LogP contribution in [0.3, 0.4) is 0 Å². The molecule has 8 heteroatoms. The number of carbonyl (C=O) groups excluding carboxylic acids is 2. The van der Waals surface area contributed by atoms with Crippen LogP contribution in [-0.2, 0) is 6.54 Å². The van der Waals surface area contributed by atoms with Crippen molar-refractivity contribution in [2.24, 2.45) is 0 Å². The largest absolute Gasteiger partial charge is 0.459 e. The zero-order valence-corrected chi connectivity index (χ0v) is 15.0. The molecule has 0 aliphatic heterocycles. The van der Waals surface area contributed by atoms with E-state index in [1.165, 1.54) is 18.4 Å². The van der Waals surface area contributed by atoms with Crippen LogP contribution in [0.5, 0.6) is 0 Å². The third kappa shape index (κ3) is 4.24. The van der Waals surface area contributed by atoms with Crippen LogP contribution in [-0.4, -0.2) is 16.7 Å². The number of rotatable bonds is 6. The maximum absolute atomic E-state index is 12.4. The number of amides is 2. The number of carbonyl (C=O) groups is 2. The molecule has 2 N–H and O–H groups in total. The predicted molar refractivity (Wildman–Crippen MR) is 102 cm³/mol. The highest BCUT2D eigenvalue weighted by Crippen LogP contribution is 2.21. The van der Waals surface area contributed by atoms with Crippen molar-refractivity contribution < 1.29 is 18.9 Å². The van der Waals surface area contributed by atoms with Crippen molar-refractivity contribution in [2.45, 2.75) is 13.5 Å². The Balaban J connectivity index is 1.61. The SMILES string of the molecule is Cc1c(C(=O)NCc2ccc(NC(=O)c3ccco3)cc2)cccc1[N+](=O)[O-]. The molecule has 8 nitrogen and oxygen atoms in total. The topological polar surface area (TPSA) is 114 Å². The van der Waals surface area contributed by atoms with Crippen LogP contribution < -0.4 is 10.6 Å². The van der Waals surface area contributed by atoms with E-state index < -0.39 is 10.8 Å². The highest BCUT2D eigenvalue weighted by atomic mass is 16.6. The monoisotopic (exact) mass is 379 g/mol. The number of nitrogens with one attached hydrogen (secondary N) is 2. The van der Waals surface area contributed by atoms with E-state index in [0.717, 1.165) is 5.56 Å². The molecular formula is C20H17N3O5. The summed E-state index contributed by atoms with van der Waals surface area (Å²) in [6, 6.07) is 14.5. The van der Waals surface area contributed by atoms with Gasteiger partial charge in [-0.2, -0.15) is 0 Å². The van der Waals surface area contributed by atoms with E-state index in [0.29, 0.717) is 11.3 Å². The summed E-state index contributed by atoms with van der Waals surface area (Å²) >= 11 is 0. The van der Waals surface area contributed by atoms with E-state index in [4.69, 9.17) is 4.42 Å². The third-order valence-corrected chi connectivity index (χ3v) is 4.16. The lowest BCUT2D eigenvalue weighted by Crippen LogP contribution is -2.23. The summed E-state index contributed by atoms with van der Waals surface area (Å²) < 4.78 is 5.03. The molecule has 0 aliphatic carbocycles. The van der Waals surface area contributed by atoms with E-state index in [2.05, 4.69) is 10.6 Å². The van der Waals surface area contributed by atoms with Crippen LogP contribution in [0.2, 0.25) is 0 Å². The maximum atomic E-state index is 12.4. The van der Waals surface area contributed by atoms with E-state index in [9.17, 15) is 19.7 Å². The lowest BCUT2D eigenvalue weighted by Gasteiger charge is -2.09. The fraction of sp³-hybridized carbons (Fsp3) is 0.100. The number of nitro groups is 1. The van der Waals surface area contributed by atoms with Gasteiger partial charge in [0.25, 0.3) is 17.5 Å². The molecule has 0 aliphatic rings. The summed E-state index contributed by atoms with van der Waals surface area (Å²) in [5.41, 5.74) is 1.89. The molecule has 2 amide bonds. The number of benzene rings is 2. The van der Waals surface area contributed by atoms with Gasteiger partial charge in [-0.3, -0.25) is 19.7 Å². The smallest absolute Gasteiger partial charge is 0.291 e. The van der Waals surface area contributed by atoms with Gasteiger partial charge in [-0.25, -0.2) is 0 Å². The minimum Gasteiger partial charge on any atom is -0.459 e. The Labute approximate surface area is 160 Å². The second-order valence-corrected chi connectivity index (χ2v) is 6.02. The van der Waals surface area contributed by atoms with Gasteiger partial charge < -0.3 is 15.1 Å². The first-order valence-corrected chi connectivity index (χ1v) is 8.41. The predicted octanol–water partition coefficient (Wildman–Crippen LogP) is 3.68. The van der Waals surface area contributed by atoms with Gasteiger partial charge in [0.05, 0.1) is 11.2 Å². The van der Waals surface area contributed by atoms with Gasteiger partial charge in [0.15, 0.2) is 5.76 Å². The molecule has 3 aromatic rings. The fourth-order valence-corrected chi connectivity index (χ4v) is 2.65. The molecule has 0 atom stereocenters. The van der Waals surface area contributed by atoms with Crippen molar-refractivity contribution in [1.82, 2.24) is 5.32 Å². The molecule has 1 aromatic heterocycles. The van der Waals surface area contributed by atoms with Gasteiger partial charge >= 0.3 is 0 Å². The molecule has 0 saturated heterocycles. The lowest BCUT2D eigenvalue weighted by atomic mass is 10.1. The molecular weight excluding hydrogens is 362 g/mol. The number of furan rings is 1. The Bertz CT molecular complexity index is 1010. The quantitative estimate of drug-likeness (QED) is 0.501. The Kier molecular flexibility index (Phi) is 5.50. The standard InChI is InChI=1S/C20H17N3O5/c1-13-16(4-2-5-17(13)23(26)27)19(24)21-12-14-7-9-15(10-8-14)22-20(25)18-6-3-11-28-18/h2-11H,12H2,1H3,(H,21,24)(H,22,25). The fourth-order valence-electron chi connectivity index (χ4n) is 2.65. The second-order valence-electron chi connectivity index (χ2n) is 6.02. The number of nitrogens with zero attached hydrogens (tertiary/aromatic N) is 1. The molecule has 0 fully saturated rings. The summed E-state index contributed by atoms with van der Waals surface area (Å²) in [7, 11) is 0. The molecule has 28 heavy (non-hydrogen) atoms. The molecule has 3 rings (SSSR count). The molecule has 1 heterocycles. The number of nitro benzene ring substituents is 1. The molecule has 142 valence electrons. The average molecular weight is 379 g/mol. The van der Waals surface area contributed by atoms with Crippen molar-refractivity contribution in [1.29, 1.82) is 0 Å². The zero-order chi connectivity index (χ0) is 20.1. The van der Waals surface area contributed by atoms with Gasteiger partial charge in [-0.1, -0.05) is 18.2 Å². The first-order chi connectivity index (χ1) is 13.5. The summed E-state index contributed by atoms with van der Waals surface area (Å²) in [5, 5.41) is 16.4. The summed E-state index contributed by atoms with van der Waals surface area (Å²) in [4.78, 5) is 34.8. The molecule has 0 bridgehead atoms. The van der Waals surface area contributed by atoms with Crippen LogP contribution in [0.25, 0.3) is 0 Å². The normalized spacial score (nSPS) is 10.3. The van der Waals surface area contributed by atoms with Crippen molar-refractivity contribution >= 4 is 23.2 Å². The Hall–Kier alpha value is -3.94. The van der Waals surface area contributed by atoms with Crippen LogP contribution in [0.15, 0.2) is 65.3 Å². The van der Waals surface area contributed by atoms with E-state index >= 15 is 0 Å². The number of hydrogen-bond donors (Lipinski definition) is 2. The van der Waals surface area contributed by atoms with E-state index in [1.54, 1.807) is 49.4 Å². The first-order valence-electron chi connectivity index (χ1n) is 8.41. The van der Waals surface area contributed by atoms with Gasteiger partial charge in [-0.15, -0.1) is 0 Å². The van der Waals surface area contributed by atoms with Crippen molar-refractivity contribution in [3.63, 3.8) is 0 Å². The second kappa shape index (κ2) is 8.17. The highest BCUT2D eigenvalue weighted by Gasteiger charge is 2.17. The van der Waals surface area contributed by atoms with Crippen molar-refractivity contribution in [3.8, 4) is 0 Å². The molecule has 2 aromatic carbocycles. The van der Waals surface area contributed by atoms with Crippen LogP contribution in [0, 0.1) is 17.0 Å². The van der Waals surface area contributed by atoms with E-state index in [-0.39, 0.29) is 29.5 Å². The van der Waals surface area contributed by atoms with Gasteiger partial charge in [0.1, 0.15) is 0 Å². The first kappa shape index (κ1) is 18.8. The van der Waals surface area contributed by atoms with Crippen molar-refractivity contribution in [3.05, 3.63) is 93.4 Å². The molecule has 0 saturated carbocycles. The van der Waals surface area contributed by atoms with Gasteiger partial charge in [0, 0.05) is 29.4 Å². The molecule has 0 unspecified atom stereocenters. The van der Waals surface area contributed by atoms with Crippen LogP contribution >= 0.6 is 0 Å². The van der Waals surface area contributed by atoms with E-state index in [1.807, 2.05) is 0 Å². The zero-order valence-electron chi connectivity index (χ0n) is 15.0.